The standard InChI is InChI=1S/C28H28N2O2/c1-27(2,3)19-11-7-9-15-23(19)29-21-13-18-22(14-17(21)25(15)31)30-24-16(26(18)32)10-8-12-20(24)28(4,5)6/h7-14H,1-6H3,(H,29,31)(H,30,32). The average molecular weight is 425 g/mol. The maximum atomic E-state index is 13.5. The zero-order valence-corrected chi connectivity index (χ0v) is 19.4. The first-order valence-electron chi connectivity index (χ1n) is 11.1. The summed E-state index contributed by atoms with van der Waals surface area (Å²) in [5.41, 5.74) is 4.92. The molecule has 4 nitrogen and oxygen atoms in total. The van der Waals surface area contributed by atoms with Crippen LogP contribution in [0.25, 0.3) is 43.6 Å². The number of fused-ring (bicyclic) bond motifs is 4. The lowest BCUT2D eigenvalue weighted by molar-refractivity contribution is 0.594. The molecule has 4 heteroatoms. The van der Waals surface area contributed by atoms with Crippen LogP contribution in [0.2, 0.25) is 0 Å². The molecule has 0 atom stereocenters. The summed E-state index contributed by atoms with van der Waals surface area (Å²) in [4.78, 5) is 33.9. The highest BCUT2D eigenvalue weighted by Gasteiger charge is 2.21. The lowest BCUT2D eigenvalue weighted by atomic mass is 9.85. The summed E-state index contributed by atoms with van der Waals surface area (Å²) < 4.78 is 0. The number of benzene rings is 3. The Hall–Kier alpha value is -3.40. The van der Waals surface area contributed by atoms with E-state index in [2.05, 4.69) is 63.6 Å². The zero-order valence-electron chi connectivity index (χ0n) is 19.4. The Morgan fingerprint density at radius 1 is 0.562 bits per heavy atom. The van der Waals surface area contributed by atoms with Crippen LogP contribution in [0.3, 0.4) is 0 Å². The van der Waals surface area contributed by atoms with Crippen molar-refractivity contribution < 1.29 is 0 Å². The molecule has 0 saturated carbocycles. The van der Waals surface area contributed by atoms with Crippen LogP contribution in [-0.2, 0) is 10.8 Å². The van der Waals surface area contributed by atoms with E-state index in [9.17, 15) is 9.59 Å². The third-order valence-electron chi connectivity index (χ3n) is 6.40. The van der Waals surface area contributed by atoms with E-state index in [4.69, 9.17) is 0 Å². The molecule has 32 heavy (non-hydrogen) atoms. The van der Waals surface area contributed by atoms with Gasteiger partial charge in [-0.2, -0.15) is 0 Å². The molecule has 162 valence electrons. The normalized spacial score (nSPS) is 12.9. The molecule has 0 spiro atoms. The summed E-state index contributed by atoms with van der Waals surface area (Å²) >= 11 is 0. The quantitative estimate of drug-likeness (QED) is 0.288. The Kier molecular flexibility index (Phi) is 4.20. The van der Waals surface area contributed by atoms with Crippen molar-refractivity contribution in [1.82, 2.24) is 9.97 Å². The van der Waals surface area contributed by atoms with Gasteiger partial charge >= 0.3 is 0 Å². The Morgan fingerprint density at radius 2 is 0.938 bits per heavy atom. The van der Waals surface area contributed by atoms with Crippen LogP contribution in [0.5, 0.6) is 0 Å². The van der Waals surface area contributed by atoms with Crippen molar-refractivity contribution in [2.24, 2.45) is 0 Å². The maximum absolute atomic E-state index is 13.5. The van der Waals surface area contributed by atoms with Crippen molar-refractivity contribution >= 4 is 43.6 Å². The first kappa shape index (κ1) is 20.5. The van der Waals surface area contributed by atoms with Crippen LogP contribution in [0, 0.1) is 0 Å². The van der Waals surface area contributed by atoms with E-state index in [1.165, 1.54) is 0 Å². The van der Waals surface area contributed by atoms with Gasteiger partial charge in [-0.15, -0.1) is 0 Å². The number of aromatic amines is 2. The van der Waals surface area contributed by atoms with Crippen molar-refractivity contribution in [3.8, 4) is 0 Å². The van der Waals surface area contributed by atoms with E-state index in [1.807, 2.05) is 36.4 Å². The summed E-state index contributed by atoms with van der Waals surface area (Å²) in [6.07, 6.45) is 0. The predicted octanol–water partition coefficient (Wildman–Crippen LogP) is 6.27. The van der Waals surface area contributed by atoms with Gasteiger partial charge in [0.15, 0.2) is 10.9 Å². The third kappa shape index (κ3) is 2.97. The van der Waals surface area contributed by atoms with Gasteiger partial charge in [0.2, 0.25) is 0 Å². The highest BCUT2D eigenvalue weighted by atomic mass is 16.1. The van der Waals surface area contributed by atoms with Crippen LogP contribution >= 0.6 is 0 Å². The van der Waals surface area contributed by atoms with Gasteiger partial charge in [-0.1, -0.05) is 65.8 Å². The minimum absolute atomic E-state index is 0.0215. The summed E-state index contributed by atoms with van der Waals surface area (Å²) in [6.45, 7) is 12.8. The van der Waals surface area contributed by atoms with Gasteiger partial charge in [0.25, 0.3) is 0 Å². The molecule has 2 N–H and O–H groups in total. The van der Waals surface area contributed by atoms with E-state index < -0.39 is 0 Å². The minimum atomic E-state index is -0.121. The second-order valence-electron chi connectivity index (χ2n) is 10.8. The Balaban J connectivity index is 1.95. The van der Waals surface area contributed by atoms with Gasteiger partial charge in [-0.3, -0.25) is 9.59 Å². The Labute approximate surface area is 186 Å². The van der Waals surface area contributed by atoms with E-state index in [-0.39, 0.29) is 21.7 Å². The first-order chi connectivity index (χ1) is 15.0. The SMILES string of the molecule is CC(C)(C)c1cccc2c(=O)c3cc4[nH]c5c(C(C)(C)C)cccc5c(=O)c4cc3[nH]c12. The molecule has 2 heterocycles. The van der Waals surface area contributed by atoms with Crippen LogP contribution in [0.1, 0.15) is 52.7 Å². The van der Waals surface area contributed by atoms with Crippen LogP contribution in [0.15, 0.2) is 58.1 Å². The number of pyridine rings is 2. The van der Waals surface area contributed by atoms with Crippen molar-refractivity contribution in [2.45, 2.75) is 52.4 Å². The lowest BCUT2D eigenvalue weighted by Gasteiger charge is -2.22. The molecule has 2 aromatic heterocycles. The molecule has 5 aromatic rings. The fraction of sp³-hybridized carbons (Fsp3) is 0.286. The molecule has 0 saturated heterocycles. The van der Waals surface area contributed by atoms with Crippen molar-refractivity contribution in [1.29, 1.82) is 0 Å². The topological polar surface area (TPSA) is 65.7 Å². The predicted molar refractivity (Wildman–Crippen MR) is 135 cm³/mol. The van der Waals surface area contributed by atoms with Crippen molar-refractivity contribution in [3.63, 3.8) is 0 Å². The fourth-order valence-corrected chi connectivity index (χ4v) is 4.74. The summed E-state index contributed by atoms with van der Waals surface area (Å²) in [6, 6.07) is 15.4. The molecule has 0 aliphatic carbocycles. The van der Waals surface area contributed by atoms with Crippen LogP contribution in [-0.4, -0.2) is 9.97 Å². The molecule has 3 aromatic carbocycles. The van der Waals surface area contributed by atoms with Crippen LogP contribution in [0.4, 0.5) is 0 Å². The summed E-state index contributed by atoms with van der Waals surface area (Å²) in [5.74, 6) is 0. The number of hydrogen-bond donors (Lipinski definition) is 2. The number of H-pyrrole nitrogens is 2. The molecule has 0 aliphatic rings. The molecular formula is C28H28N2O2. The second kappa shape index (κ2) is 6.55. The van der Waals surface area contributed by atoms with Gasteiger partial charge in [0.05, 0.1) is 22.1 Å². The monoisotopic (exact) mass is 424 g/mol. The molecule has 0 unspecified atom stereocenters. The number of hydrogen-bond acceptors (Lipinski definition) is 2. The third-order valence-corrected chi connectivity index (χ3v) is 6.40. The molecule has 0 amide bonds. The highest BCUT2D eigenvalue weighted by molar-refractivity contribution is 6.03. The number of para-hydroxylation sites is 2. The summed E-state index contributed by atoms with van der Waals surface area (Å²) in [7, 11) is 0. The number of nitrogens with one attached hydrogen (secondary N) is 2. The molecule has 0 radical (unpaired) electrons. The van der Waals surface area contributed by atoms with Gasteiger partial charge < -0.3 is 9.97 Å². The highest BCUT2D eigenvalue weighted by Crippen LogP contribution is 2.31. The minimum Gasteiger partial charge on any atom is -0.354 e. The van der Waals surface area contributed by atoms with Gasteiger partial charge in [0.1, 0.15) is 0 Å². The van der Waals surface area contributed by atoms with Gasteiger partial charge in [-0.05, 0) is 46.2 Å². The molecule has 0 bridgehead atoms. The van der Waals surface area contributed by atoms with E-state index in [0.717, 1.165) is 22.2 Å². The second-order valence-corrected chi connectivity index (χ2v) is 10.8. The molecule has 5 rings (SSSR count). The number of aromatic nitrogens is 2. The van der Waals surface area contributed by atoms with E-state index in [0.29, 0.717) is 32.6 Å². The Bertz CT molecular complexity index is 1550. The Morgan fingerprint density at radius 3 is 1.28 bits per heavy atom. The van der Waals surface area contributed by atoms with Crippen molar-refractivity contribution in [2.75, 3.05) is 0 Å². The fourth-order valence-electron chi connectivity index (χ4n) is 4.74. The maximum Gasteiger partial charge on any atom is 0.197 e. The largest absolute Gasteiger partial charge is 0.354 e. The van der Waals surface area contributed by atoms with Crippen molar-refractivity contribution in [3.05, 3.63) is 80.1 Å². The first-order valence-corrected chi connectivity index (χ1v) is 11.1. The smallest absolute Gasteiger partial charge is 0.197 e. The van der Waals surface area contributed by atoms with E-state index in [1.54, 1.807) is 0 Å². The van der Waals surface area contributed by atoms with Gasteiger partial charge in [-0.25, -0.2) is 0 Å². The number of rotatable bonds is 0. The van der Waals surface area contributed by atoms with E-state index >= 15 is 0 Å². The lowest BCUT2D eigenvalue weighted by Crippen LogP contribution is -2.16. The average Bonchev–Trinajstić information content (AvgIpc) is 2.71. The molecule has 0 aliphatic heterocycles. The molecule has 0 fully saturated rings. The van der Waals surface area contributed by atoms with Gasteiger partial charge in [0, 0.05) is 21.5 Å². The molecular weight excluding hydrogens is 396 g/mol. The van der Waals surface area contributed by atoms with Crippen LogP contribution < -0.4 is 10.9 Å². The zero-order chi connectivity index (χ0) is 23.0. The summed E-state index contributed by atoms with van der Waals surface area (Å²) in [5, 5.41) is 2.50.